The minimum Gasteiger partial charge on any atom is -0.294 e. The first-order chi connectivity index (χ1) is 7.72. The number of Topliss-reactive ketones (excluding diaryl/α,β-unsaturated/α-hetero) is 1. The average molecular weight is 231 g/mol. The lowest BCUT2D eigenvalue weighted by Crippen LogP contribution is -1.97. The molecule has 2 nitrogen and oxygen atoms in total. The third-order valence-corrected chi connectivity index (χ3v) is 3.54. The van der Waals surface area contributed by atoms with Gasteiger partial charge in [-0.1, -0.05) is 6.92 Å². The van der Waals surface area contributed by atoms with Crippen molar-refractivity contribution in [3.05, 3.63) is 40.9 Å². The Kier molecular flexibility index (Phi) is 3.15. The van der Waals surface area contributed by atoms with Crippen molar-refractivity contribution >= 4 is 17.1 Å². The van der Waals surface area contributed by atoms with Gasteiger partial charge in [-0.25, -0.2) is 0 Å². The van der Waals surface area contributed by atoms with Gasteiger partial charge in [-0.2, -0.15) is 0 Å². The summed E-state index contributed by atoms with van der Waals surface area (Å²) in [5, 5.41) is 2.04. The number of aryl methyl sites for hydroxylation is 1. The molecule has 0 aromatic carbocycles. The van der Waals surface area contributed by atoms with Gasteiger partial charge in [-0.05, 0) is 36.1 Å². The second-order valence-corrected chi connectivity index (χ2v) is 4.56. The zero-order valence-corrected chi connectivity index (χ0v) is 10.2. The van der Waals surface area contributed by atoms with Gasteiger partial charge >= 0.3 is 0 Å². The Morgan fingerprint density at radius 3 is 2.88 bits per heavy atom. The molecule has 0 bridgehead atoms. The van der Waals surface area contributed by atoms with Crippen molar-refractivity contribution in [3.63, 3.8) is 0 Å². The molecule has 0 radical (unpaired) electrons. The van der Waals surface area contributed by atoms with Crippen LogP contribution in [0.5, 0.6) is 0 Å². The maximum Gasteiger partial charge on any atom is 0.162 e. The highest BCUT2D eigenvalue weighted by Crippen LogP contribution is 2.27. The Bertz CT molecular complexity index is 516. The molecule has 0 saturated carbocycles. The highest BCUT2D eigenvalue weighted by molar-refractivity contribution is 7.13. The first-order valence-corrected chi connectivity index (χ1v) is 6.14. The third-order valence-electron chi connectivity index (χ3n) is 2.50. The number of rotatable bonds is 3. The summed E-state index contributed by atoms with van der Waals surface area (Å²) in [5.41, 5.74) is 2.85. The Hall–Kier alpha value is -1.48. The van der Waals surface area contributed by atoms with Gasteiger partial charge in [0.05, 0.1) is 10.6 Å². The van der Waals surface area contributed by atoms with Crippen molar-refractivity contribution in [1.29, 1.82) is 0 Å². The number of thiophene rings is 1. The molecule has 2 rings (SSSR count). The molecule has 0 unspecified atom stereocenters. The topological polar surface area (TPSA) is 30.0 Å². The number of pyridine rings is 1. The monoisotopic (exact) mass is 231 g/mol. The van der Waals surface area contributed by atoms with Crippen molar-refractivity contribution in [2.75, 3.05) is 0 Å². The number of carbonyl (C=O) groups excluding carboxylic acids is 1. The summed E-state index contributed by atoms with van der Waals surface area (Å²) < 4.78 is 0. The van der Waals surface area contributed by atoms with Crippen LogP contribution in [0.4, 0.5) is 0 Å². The molecule has 3 heteroatoms. The Labute approximate surface area is 99.0 Å². The summed E-state index contributed by atoms with van der Waals surface area (Å²) in [4.78, 5) is 17.1. The predicted molar refractivity (Wildman–Crippen MR) is 66.9 cm³/mol. The van der Waals surface area contributed by atoms with E-state index in [2.05, 4.69) is 18.0 Å². The third kappa shape index (κ3) is 2.04. The van der Waals surface area contributed by atoms with Crippen LogP contribution >= 0.6 is 11.3 Å². The molecule has 2 aromatic rings. The molecule has 0 N–H and O–H groups in total. The van der Waals surface area contributed by atoms with Gasteiger partial charge in [-0.3, -0.25) is 9.78 Å². The van der Waals surface area contributed by atoms with Gasteiger partial charge in [0.15, 0.2) is 5.78 Å². The van der Waals surface area contributed by atoms with Gasteiger partial charge < -0.3 is 0 Å². The standard InChI is InChI=1S/C13H13NOS/c1-3-12(15)10-4-6-14-11(8-10)13-9(2)5-7-16-13/h4-8H,3H2,1-2H3. The largest absolute Gasteiger partial charge is 0.294 e. The molecule has 16 heavy (non-hydrogen) atoms. The molecule has 0 spiro atoms. The lowest BCUT2D eigenvalue weighted by molar-refractivity contribution is 0.0988. The van der Waals surface area contributed by atoms with Crippen LogP contribution in [0.3, 0.4) is 0 Å². The van der Waals surface area contributed by atoms with Gasteiger partial charge in [0.1, 0.15) is 0 Å². The van der Waals surface area contributed by atoms with E-state index in [0.29, 0.717) is 6.42 Å². The van der Waals surface area contributed by atoms with E-state index in [1.807, 2.05) is 18.4 Å². The zero-order chi connectivity index (χ0) is 11.5. The Balaban J connectivity index is 2.44. The molecule has 2 heterocycles. The van der Waals surface area contributed by atoms with E-state index in [1.165, 1.54) is 5.56 Å². The fraction of sp³-hybridized carbons (Fsp3) is 0.231. The summed E-state index contributed by atoms with van der Waals surface area (Å²) in [6, 6.07) is 5.72. The van der Waals surface area contributed by atoms with E-state index in [1.54, 1.807) is 23.6 Å². The van der Waals surface area contributed by atoms with Crippen LogP contribution in [0.2, 0.25) is 0 Å². The van der Waals surface area contributed by atoms with Crippen molar-refractivity contribution in [2.45, 2.75) is 20.3 Å². The van der Waals surface area contributed by atoms with E-state index >= 15 is 0 Å². The van der Waals surface area contributed by atoms with Crippen LogP contribution in [0.25, 0.3) is 10.6 Å². The first kappa shape index (κ1) is 11.0. The molecular weight excluding hydrogens is 218 g/mol. The summed E-state index contributed by atoms with van der Waals surface area (Å²) in [5.74, 6) is 0.165. The van der Waals surface area contributed by atoms with Crippen LogP contribution in [0.1, 0.15) is 29.3 Å². The molecule has 0 atom stereocenters. The predicted octanol–water partition coefficient (Wildman–Crippen LogP) is 3.71. The molecule has 82 valence electrons. The normalized spacial score (nSPS) is 10.4. The lowest BCUT2D eigenvalue weighted by Gasteiger charge is -2.02. The summed E-state index contributed by atoms with van der Waals surface area (Å²) in [6.45, 7) is 3.93. The highest BCUT2D eigenvalue weighted by atomic mass is 32.1. The summed E-state index contributed by atoms with van der Waals surface area (Å²) >= 11 is 1.66. The average Bonchev–Trinajstić information content (AvgIpc) is 2.74. The number of carbonyl (C=O) groups is 1. The second kappa shape index (κ2) is 4.58. The van der Waals surface area contributed by atoms with Crippen LogP contribution in [0, 0.1) is 6.92 Å². The Morgan fingerprint density at radius 1 is 1.44 bits per heavy atom. The van der Waals surface area contributed by atoms with Gasteiger partial charge in [0, 0.05) is 18.2 Å². The van der Waals surface area contributed by atoms with E-state index in [4.69, 9.17) is 0 Å². The second-order valence-electron chi connectivity index (χ2n) is 3.64. The number of hydrogen-bond donors (Lipinski definition) is 0. The maximum atomic E-state index is 11.6. The molecule has 2 aromatic heterocycles. The molecule has 0 amide bonds. The number of aromatic nitrogens is 1. The maximum absolute atomic E-state index is 11.6. The van der Waals surface area contributed by atoms with Gasteiger partial charge in [0.2, 0.25) is 0 Å². The number of nitrogens with zero attached hydrogens (tertiary/aromatic N) is 1. The number of ketones is 1. The van der Waals surface area contributed by atoms with E-state index in [-0.39, 0.29) is 5.78 Å². The molecule has 0 aliphatic heterocycles. The van der Waals surface area contributed by atoms with Gasteiger partial charge in [-0.15, -0.1) is 11.3 Å². The number of hydrogen-bond acceptors (Lipinski definition) is 3. The van der Waals surface area contributed by atoms with Crippen LogP contribution < -0.4 is 0 Å². The highest BCUT2D eigenvalue weighted by Gasteiger charge is 2.08. The van der Waals surface area contributed by atoms with Crippen LogP contribution in [-0.2, 0) is 0 Å². The van der Waals surface area contributed by atoms with Crippen LogP contribution in [-0.4, -0.2) is 10.8 Å². The fourth-order valence-electron chi connectivity index (χ4n) is 1.57. The van der Waals surface area contributed by atoms with Crippen molar-refractivity contribution in [2.24, 2.45) is 0 Å². The quantitative estimate of drug-likeness (QED) is 0.754. The molecule has 0 saturated heterocycles. The fourth-order valence-corrected chi connectivity index (χ4v) is 2.46. The van der Waals surface area contributed by atoms with Crippen molar-refractivity contribution in [3.8, 4) is 10.6 Å². The van der Waals surface area contributed by atoms with Crippen molar-refractivity contribution in [1.82, 2.24) is 4.98 Å². The van der Waals surface area contributed by atoms with Crippen LogP contribution in [0.15, 0.2) is 29.8 Å². The van der Waals surface area contributed by atoms with E-state index in [9.17, 15) is 4.79 Å². The minimum absolute atomic E-state index is 0.165. The smallest absolute Gasteiger partial charge is 0.162 e. The molecule has 0 fully saturated rings. The molecule has 0 aliphatic carbocycles. The van der Waals surface area contributed by atoms with E-state index < -0.39 is 0 Å². The first-order valence-electron chi connectivity index (χ1n) is 5.26. The SMILES string of the molecule is CCC(=O)c1ccnc(-c2sccc2C)c1. The lowest BCUT2D eigenvalue weighted by atomic mass is 10.1. The van der Waals surface area contributed by atoms with E-state index in [0.717, 1.165) is 16.1 Å². The molecule has 0 aliphatic rings. The zero-order valence-electron chi connectivity index (χ0n) is 9.36. The van der Waals surface area contributed by atoms with Crippen molar-refractivity contribution < 1.29 is 4.79 Å². The molecular formula is C13H13NOS. The summed E-state index contributed by atoms with van der Waals surface area (Å²) in [6.07, 6.45) is 2.24. The van der Waals surface area contributed by atoms with Gasteiger partial charge in [0.25, 0.3) is 0 Å². The Morgan fingerprint density at radius 2 is 2.25 bits per heavy atom. The summed E-state index contributed by atoms with van der Waals surface area (Å²) in [7, 11) is 0. The minimum atomic E-state index is 0.165.